The summed E-state index contributed by atoms with van der Waals surface area (Å²) in [4.78, 5) is 0. The van der Waals surface area contributed by atoms with Gasteiger partial charge in [-0.1, -0.05) is 31.9 Å². The van der Waals surface area contributed by atoms with Gasteiger partial charge >= 0.3 is 0 Å². The first-order valence-electron chi connectivity index (χ1n) is 8.92. The Labute approximate surface area is 123 Å². The Hall–Kier alpha value is -0.300. The normalized spacial score (nSPS) is 54.6. The van der Waals surface area contributed by atoms with Crippen LogP contribution in [0.1, 0.15) is 71.6 Å². The summed E-state index contributed by atoms with van der Waals surface area (Å²) in [6.07, 6.45) is 14.3. The molecule has 0 aliphatic heterocycles. The lowest BCUT2D eigenvalue weighted by Crippen LogP contribution is -2.49. The molecule has 1 unspecified atom stereocenters. The monoisotopic (exact) mass is 274 g/mol. The predicted molar refractivity (Wildman–Crippen MR) is 82.3 cm³/mol. The van der Waals surface area contributed by atoms with Gasteiger partial charge in [-0.2, -0.15) is 0 Å². The zero-order valence-corrected chi connectivity index (χ0v) is 13.2. The fourth-order valence-electron chi connectivity index (χ4n) is 6.70. The summed E-state index contributed by atoms with van der Waals surface area (Å²) in [5, 5.41) is 9.97. The lowest BCUT2D eigenvalue weighted by molar-refractivity contribution is -0.0411. The molecule has 0 aromatic carbocycles. The van der Waals surface area contributed by atoms with Gasteiger partial charge in [-0.05, 0) is 80.0 Å². The molecular formula is C19H30O. The van der Waals surface area contributed by atoms with Crippen LogP contribution in [0, 0.1) is 28.6 Å². The zero-order chi connectivity index (χ0) is 14.0. The van der Waals surface area contributed by atoms with Crippen LogP contribution in [0.15, 0.2) is 11.6 Å². The van der Waals surface area contributed by atoms with Gasteiger partial charge in [0.2, 0.25) is 0 Å². The molecule has 4 aliphatic rings. The molecule has 1 N–H and O–H groups in total. The molecule has 0 bridgehead atoms. The summed E-state index contributed by atoms with van der Waals surface area (Å²) in [5.41, 5.74) is 2.71. The molecular weight excluding hydrogens is 244 g/mol. The van der Waals surface area contributed by atoms with E-state index in [-0.39, 0.29) is 6.10 Å². The second-order valence-electron chi connectivity index (χ2n) is 8.72. The van der Waals surface area contributed by atoms with Crippen molar-refractivity contribution in [3.8, 4) is 0 Å². The van der Waals surface area contributed by atoms with E-state index in [9.17, 15) is 5.11 Å². The Morgan fingerprint density at radius 3 is 2.70 bits per heavy atom. The highest BCUT2D eigenvalue weighted by Crippen LogP contribution is 2.65. The van der Waals surface area contributed by atoms with Gasteiger partial charge in [0.05, 0.1) is 6.10 Å². The summed E-state index contributed by atoms with van der Waals surface area (Å²) < 4.78 is 0. The fraction of sp³-hybridized carbons (Fsp3) is 0.895. The third-order valence-corrected chi connectivity index (χ3v) is 7.87. The maximum Gasteiger partial charge on any atom is 0.0724 e. The Kier molecular flexibility index (Phi) is 2.91. The van der Waals surface area contributed by atoms with E-state index in [0.29, 0.717) is 10.8 Å². The molecule has 3 saturated carbocycles. The lowest BCUT2D eigenvalue weighted by Gasteiger charge is -2.57. The van der Waals surface area contributed by atoms with Crippen LogP contribution in [0.4, 0.5) is 0 Å². The number of rotatable bonds is 0. The summed E-state index contributed by atoms with van der Waals surface area (Å²) in [7, 11) is 0. The highest BCUT2D eigenvalue weighted by Gasteiger charge is 2.55. The van der Waals surface area contributed by atoms with Crippen LogP contribution >= 0.6 is 0 Å². The van der Waals surface area contributed by atoms with Crippen LogP contribution in [0.5, 0.6) is 0 Å². The minimum Gasteiger partial charge on any atom is -0.389 e. The smallest absolute Gasteiger partial charge is 0.0724 e. The van der Waals surface area contributed by atoms with Crippen molar-refractivity contribution < 1.29 is 5.11 Å². The van der Waals surface area contributed by atoms with Crippen molar-refractivity contribution in [3.05, 3.63) is 11.6 Å². The highest BCUT2D eigenvalue weighted by atomic mass is 16.3. The molecule has 0 aromatic heterocycles. The predicted octanol–water partition coefficient (Wildman–Crippen LogP) is 4.70. The van der Waals surface area contributed by atoms with Gasteiger partial charge in [-0.3, -0.25) is 0 Å². The van der Waals surface area contributed by atoms with Gasteiger partial charge < -0.3 is 5.11 Å². The summed E-state index contributed by atoms with van der Waals surface area (Å²) >= 11 is 0. The molecule has 0 saturated heterocycles. The van der Waals surface area contributed by atoms with Crippen molar-refractivity contribution in [3.63, 3.8) is 0 Å². The van der Waals surface area contributed by atoms with Crippen molar-refractivity contribution in [2.45, 2.75) is 77.7 Å². The molecule has 0 spiro atoms. The Bertz CT molecular complexity index is 439. The van der Waals surface area contributed by atoms with Crippen LogP contribution in [-0.4, -0.2) is 11.2 Å². The minimum atomic E-state index is -0.157. The molecule has 0 aromatic rings. The maximum atomic E-state index is 9.97. The first-order chi connectivity index (χ1) is 9.53. The van der Waals surface area contributed by atoms with Crippen LogP contribution in [0.2, 0.25) is 0 Å². The van der Waals surface area contributed by atoms with E-state index >= 15 is 0 Å². The molecule has 3 fully saturated rings. The van der Waals surface area contributed by atoms with E-state index in [1.54, 1.807) is 5.57 Å². The molecule has 6 atom stereocenters. The fourth-order valence-corrected chi connectivity index (χ4v) is 6.70. The molecule has 112 valence electrons. The van der Waals surface area contributed by atoms with Crippen molar-refractivity contribution >= 4 is 0 Å². The number of aliphatic hydroxyl groups is 1. The van der Waals surface area contributed by atoms with Crippen molar-refractivity contribution in [1.29, 1.82) is 0 Å². The van der Waals surface area contributed by atoms with Gasteiger partial charge in [0.1, 0.15) is 0 Å². The lowest BCUT2D eigenvalue weighted by atomic mass is 9.47. The van der Waals surface area contributed by atoms with Gasteiger partial charge in [-0.25, -0.2) is 0 Å². The Morgan fingerprint density at radius 2 is 1.85 bits per heavy atom. The molecule has 4 aliphatic carbocycles. The molecule has 0 heterocycles. The number of aliphatic hydroxyl groups excluding tert-OH is 1. The average molecular weight is 274 g/mol. The Morgan fingerprint density at radius 1 is 1.00 bits per heavy atom. The third kappa shape index (κ3) is 1.71. The van der Waals surface area contributed by atoms with E-state index in [4.69, 9.17) is 0 Å². The van der Waals surface area contributed by atoms with Crippen LogP contribution in [-0.2, 0) is 0 Å². The molecule has 1 nitrogen and oxygen atoms in total. The molecule has 1 heteroatoms. The SMILES string of the molecule is C[C@@]12CCC[C@H]1[C@@H]1CCC3=CC(O)CC[C@]3(C)[C@H]1CC2. The largest absolute Gasteiger partial charge is 0.389 e. The van der Waals surface area contributed by atoms with E-state index < -0.39 is 0 Å². The van der Waals surface area contributed by atoms with Crippen LogP contribution < -0.4 is 0 Å². The second kappa shape index (κ2) is 4.35. The zero-order valence-electron chi connectivity index (χ0n) is 13.2. The first-order valence-corrected chi connectivity index (χ1v) is 8.92. The standard InChI is InChI=1S/C19H30O/c1-18-9-3-4-16(18)15-6-5-13-12-14(20)7-11-19(13,2)17(15)8-10-18/h12,14-17,20H,3-11H2,1-2H3/t14?,15-,16-,17-,18-,19-/m0/s1. The van der Waals surface area contributed by atoms with E-state index in [2.05, 4.69) is 19.9 Å². The molecule has 20 heavy (non-hydrogen) atoms. The number of hydrogen-bond donors (Lipinski definition) is 1. The topological polar surface area (TPSA) is 20.2 Å². The number of fused-ring (bicyclic) bond motifs is 5. The molecule has 0 radical (unpaired) electrons. The van der Waals surface area contributed by atoms with Crippen molar-refractivity contribution in [2.75, 3.05) is 0 Å². The van der Waals surface area contributed by atoms with Crippen molar-refractivity contribution in [1.82, 2.24) is 0 Å². The summed E-state index contributed by atoms with van der Waals surface area (Å²) in [6, 6.07) is 0. The van der Waals surface area contributed by atoms with Crippen LogP contribution in [0.3, 0.4) is 0 Å². The van der Waals surface area contributed by atoms with Crippen LogP contribution in [0.25, 0.3) is 0 Å². The average Bonchev–Trinajstić information content (AvgIpc) is 2.81. The second-order valence-corrected chi connectivity index (χ2v) is 8.72. The summed E-state index contributed by atoms with van der Waals surface area (Å²) in [5.74, 6) is 2.89. The van der Waals surface area contributed by atoms with Crippen molar-refractivity contribution in [2.24, 2.45) is 28.6 Å². The van der Waals surface area contributed by atoms with E-state index in [0.717, 1.165) is 24.2 Å². The van der Waals surface area contributed by atoms with E-state index in [1.165, 1.54) is 51.4 Å². The Balaban J connectivity index is 1.68. The number of allylic oxidation sites excluding steroid dienone is 1. The minimum absolute atomic E-state index is 0.157. The first kappa shape index (κ1) is 13.4. The van der Waals surface area contributed by atoms with Gasteiger partial charge in [-0.15, -0.1) is 0 Å². The summed E-state index contributed by atoms with van der Waals surface area (Å²) in [6.45, 7) is 5.11. The van der Waals surface area contributed by atoms with E-state index in [1.807, 2.05) is 0 Å². The van der Waals surface area contributed by atoms with Gasteiger partial charge in [0.25, 0.3) is 0 Å². The van der Waals surface area contributed by atoms with Gasteiger partial charge in [0, 0.05) is 0 Å². The molecule has 0 amide bonds. The van der Waals surface area contributed by atoms with Gasteiger partial charge in [0.15, 0.2) is 0 Å². The quantitative estimate of drug-likeness (QED) is 0.635. The highest BCUT2D eigenvalue weighted by molar-refractivity contribution is 5.25. The number of hydrogen-bond acceptors (Lipinski definition) is 1. The molecule has 4 rings (SSSR count). The maximum absolute atomic E-state index is 9.97. The third-order valence-electron chi connectivity index (χ3n) is 7.87.